The number of methoxy groups -OCH3 is 2. The number of nitrogens with two attached hydrogens (primary N) is 1. The number of hydrogen-bond acceptors (Lipinski definition) is 3. The van der Waals surface area contributed by atoms with Crippen LogP contribution in [0.3, 0.4) is 0 Å². The molecule has 6 heteroatoms. The lowest BCUT2D eigenvalue weighted by atomic mass is 10.0. The van der Waals surface area contributed by atoms with Crippen molar-refractivity contribution in [2.45, 2.75) is 19.1 Å². The van der Waals surface area contributed by atoms with E-state index in [1.165, 1.54) is 26.4 Å². The van der Waals surface area contributed by atoms with Gasteiger partial charge >= 0.3 is 6.18 Å². The van der Waals surface area contributed by atoms with Crippen LogP contribution in [0.2, 0.25) is 0 Å². The van der Waals surface area contributed by atoms with Crippen LogP contribution >= 0.6 is 0 Å². The second kappa shape index (κ2) is 4.83. The summed E-state index contributed by atoms with van der Waals surface area (Å²) in [5, 5.41) is 0. The molecule has 0 aliphatic carbocycles. The third-order valence-electron chi connectivity index (χ3n) is 2.46. The molecule has 96 valence electrons. The maximum Gasteiger partial charge on any atom is 0.407 e. The molecule has 2 N–H and O–H groups in total. The molecule has 0 spiro atoms. The lowest BCUT2D eigenvalue weighted by molar-refractivity contribution is -0.149. The van der Waals surface area contributed by atoms with E-state index in [1.54, 1.807) is 6.92 Å². The van der Waals surface area contributed by atoms with E-state index in [9.17, 15) is 13.2 Å². The van der Waals surface area contributed by atoms with E-state index in [0.717, 1.165) is 0 Å². The highest BCUT2D eigenvalue weighted by atomic mass is 19.4. The number of rotatable bonds is 3. The number of hydrogen-bond donors (Lipinski definition) is 1. The van der Waals surface area contributed by atoms with Crippen LogP contribution in [-0.2, 0) is 0 Å². The molecule has 0 aliphatic heterocycles. The molecule has 0 unspecified atom stereocenters. The summed E-state index contributed by atoms with van der Waals surface area (Å²) in [5.74, 6) is 0.607. The molecule has 0 bridgehead atoms. The first-order chi connectivity index (χ1) is 7.81. The van der Waals surface area contributed by atoms with Crippen molar-refractivity contribution in [3.63, 3.8) is 0 Å². The molecule has 0 fully saturated rings. The van der Waals surface area contributed by atoms with Gasteiger partial charge in [0.15, 0.2) is 11.5 Å². The average molecular weight is 249 g/mol. The lowest BCUT2D eigenvalue weighted by Gasteiger charge is -2.20. The highest BCUT2D eigenvalue weighted by molar-refractivity contribution is 5.48. The van der Waals surface area contributed by atoms with Crippen molar-refractivity contribution in [1.29, 1.82) is 0 Å². The van der Waals surface area contributed by atoms with Crippen molar-refractivity contribution in [3.05, 3.63) is 23.3 Å². The van der Waals surface area contributed by atoms with E-state index in [2.05, 4.69) is 0 Å². The Kier molecular flexibility index (Phi) is 3.87. The fourth-order valence-corrected chi connectivity index (χ4v) is 1.51. The Labute approximate surface area is 97.3 Å². The highest BCUT2D eigenvalue weighted by Gasteiger charge is 2.39. The Bertz CT molecular complexity index is 404. The van der Waals surface area contributed by atoms with Gasteiger partial charge in [0, 0.05) is 0 Å². The minimum Gasteiger partial charge on any atom is -0.493 e. The van der Waals surface area contributed by atoms with Gasteiger partial charge in [-0.25, -0.2) is 0 Å². The fraction of sp³-hybridized carbons (Fsp3) is 0.455. The number of halogens is 3. The van der Waals surface area contributed by atoms with Gasteiger partial charge in [-0.05, 0) is 30.2 Å². The molecule has 1 aromatic rings. The predicted molar refractivity (Wildman–Crippen MR) is 57.3 cm³/mol. The topological polar surface area (TPSA) is 44.5 Å². The van der Waals surface area contributed by atoms with Gasteiger partial charge < -0.3 is 15.2 Å². The zero-order valence-electron chi connectivity index (χ0n) is 9.76. The molecule has 0 saturated carbocycles. The largest absolute Gasteiger partial charge is 0.493 e. The minimum absolute atomic E-state index is 0.0184. The first-order valence-electron chi connectivity index (χ1n) is 4.86. The van der Waals surface area contributed by atoms with Crippen molar-refractivity contribution in [2.75, 3.05) is 14.2 Å². The summed E-state index contributed by atoms with van der Waals surface area (Å²) in [5.41, 5.74) is 5.56. The number of ether oxygens (including phenoxy) is 2. The van der Waals surface area contributed by atoms with Gasteiger partial charge in [-0.1, -0.05) is 0 Å². The molecule has 3 nitrogen and oxygen atoms in total. The predicted octanol–water partition coefficient (Wildman–Crippen LogP) is 2.57. The quantitative estimate of drug-likeness (QED) is 0.895. The summed E-state index contributed by atoms with van der Waals surface area (Å²) < 4.78 is 47.5. The standard InChI is InChI=1S/C11H14F3NO2/c1-6-4-8(16-2)9(17-3)5-7(6)10(15)11(12,13)14/h4-5,10H,15H2,1-3H3/t10-/m1/s1. The van der Waals surface area contributed by atoms with Gasteiger partial charge in [0.25, 0.3) is 0 Å². The molecule has 1 rings (SSSR count). The van der Waals surface area contributed by atoms with Crippen molar-refractivity contribution in [3.8, 4) is 11.5 Å². The fourth-order valence-electron chi connectivity index (χ4n) is 1.51. The average Bonchev–Trinajstić information content (AvgIpc) is 2.26. The van der Waals surface area contributed by atoms with Crippen molar-refractivity contribution in [1.82, 2.24) is 0 Å². The number of alkyl halides is 3. The second-order valence-electron chi connectivity index (χ2n) is 3.58. The molecule has 0 aliphatic rings. The Morgan fingerprint density at radius 1 is 1.12 bits per heavy atom. The third kappa shape index (κ3) is 2.82. The molecular weight excluding hydrogens is 235 g/mol. The van der Waals surface area contributed by atoms with E-state index in [-0.39, 0.29) is 11.3 Å². The molecule has 0 radical (unpaired) electrons. The zero-order chi connectivity index (χ0) is 13.2. The Hall–Kier alpha value is -1.43. The maximum atomic E-state index is 12.5. The van der Waals surface area contributed by atoms with E-state index in [4.69, 9.17) is 15.2 Å². The van der Waals surface area contributed by atoms with E-state index in [1.807, 2.05) is 0 Å². The Morgan fingerprint density at radius 2 is 1.59 bits per heavy atom. The normalized spacial score (nSPS) is 13.4. The number of benzene rings is 1. The zero-order valence-corrected chi connectivity index (χ0v) is 9.76. The molecule has 0 amide bonds. The van der Waals surface area contributed by atoms with E-state index < -0.39 is 12.2 Å². The van der Waals surface area contributed by atoms with E-state index in [0.29, 0.717) is 11.3 Å². The Balaban J connectivity index is 3.26. The van der Waals surface area contributed by atoms with Crippen LogP contribution in [0.15, 0.2) is 12.1 Å². The smallest absolute Gasteiger partial charge is 0.407 e. The minimum atomic E-state index is -4.48. The monoisotopic (exact) mass is 249 g/mol. The SMILES string of the molecule is COc1cc(C)c([C@@H](N)C(F)(F)F)cc1OC. The maximum absolute atomic E-state index is 12.5. The molecule has 0 saturated heterocycles. The lowest BCUT2D eigenvalue weighted by Crippen LogP contribution is -2.29. The highest BCUT2D eigenvalue weighted by Crippen LogP contribution is 2.37. The summed E-state index contributed by atoms with van der Waals surface area (Å²) in [6.45, 7) is 1.54. The van der Waals surface area contributed by atoms with Crippen LogP contribution in [0.5, 0.6) is 11.5 Å². The van der Waals surface area contributed by atoms with Gasteiger partial charge in [0.2, 0.25) is 0 Å². The van der Waals surface area contributed by atoms with Crippen LogP contribution in [0, 0.1) is 6.92 Å². The van der Waals surface area contributed by atoms with Crippen molar-refractivity contribution in [2.24, 2.45) is 5.73 Å². The summed E-state index contributed by atoms with van der Waals surface area (Å²) in [6, 6.07) is 0.703. The summed E-state index contributed by atoms with van der Waals surface area (Å²) in [6.07, 6.45) is -4.48. The molecule has 0 aromatic heterocycles. The van der Waals surface area contributed by atoms with Crippen molar-refractivity contribution >= 4 is 0 Å². The van der Waals surface area contributed by atoms with Crippen LogP contribution in [0.25, 0.3) is 0 Å². The summed E-state index contributed by atoms with van der Waals surface area (Å²) in [4.78, 5) is 0. The first kappa shape index (κ1) is 13.6. The van der Waals surface area contributed by atoms with Crippen LogP contribution in [0.1, 0.15) is 17.2 Å². The van der Waals surface area contributed by atoms with Gasteiger partial charge in [-0.3, -0.25) is 0 Å². The second-order valence-corrected chi connectivity index (χ2v) is 3.58. The van der Waals surface area contributed by atoms with Crippen molar-refractivity contribution < 1.29 is 22.6 Å². The van der Waals surface area contributed by atoms with Crippen LogP contribution < -0.4 is 15.2 Å². The van der Waals surface area contributed by atoms with E-state index >= 15 is 0 Å². The molecule has 17 heavy (non-hydrogen) atoms. The summed E-state index contributed by atoms with van der Waals surface area (Å²) in [7, 11) is 2.77. The Morgan fingerprint density at radius 3 is 2.00 bits per heavy atom. The van der Waals surface area contributed by atoms with Gasteiger partial charge in [0.1, 0.15) is 6.04 Å². The first-order valence-corrected chi connectivity index (χ1v) is 4.86. The van der Waals surface area contributed by atoms with Crippen LogP contribution in [-0.4, -0.2) is 20.4 Å². The molecular formula is C11H14F3NO2. The molecule has 0 heterocycles. The third-order valence-corrected chi connectivity index (χ3v) is 2.46. The summed E-state index contributed by atoms with van der Waals surface area (Å²) >= 11 is 0. The molecule has 1 aromatic carbocycles. The number of aryl methyl sites for hydroxylation is 1. The van der Waals surface area contributed by atoms with Crippen LogP contribution in [0.4, 0.5) is 13.2 Å². The van der Waals surface area contributed by atoms with Gasteiger partial charge in [0.05, 0.1) is 14.2 Å². The molecule has 1 atom stereocenters. The van der Waals surface area contributed by atoms with Gasteiger partial charge in [-0.2, -0.15) is 13.2 Å². The van der Waals surface area contributed by atoms with Gasteiger partial charge in [-0.15, -0.1) is 0 Å².